The molecule has 0 saturated carbocycles. The Kier molecular flexibility index (Phi) is 5.10. The maximum atomic E-state index is 12.3. The zero-order valence-corrected chi connectivity index (χ0v) is 13.5. The number of hydrogen-bond donors (Lipinski definition) is 0. The lowest BCUT2D eigenvalue weighted by Crippen LogP contribution is -2.50. The van der Waals surface area contributed by atoms with E-state index in [-0.39, 0.29) is 0 Å². The van der Waals surface area contributed by atoms with Gasteiger partial charge in [-0.05, 0) is 26.2 Å². The fourth-order valence-electron chi connectivity index (χ4n) is 3.25. The minimum Gasteiger partial charge on any atom is -0.360 e. The van der Waals surface area contributed by atoms with Crippen molar-refractivity contribution in [3.63, 3.8) is 0 Å². The minimum absolute atomic E-state index is 0.305. The first kappa shape index (κ1) is 15.5. The molecule has 0 N–H and O–H groups in total. The number of piperidine rings is 1. The Morgan fingerprint density at radius 3 is 2.41 bits per heavy atom. The van der Waals surface area contributed by atoms with Crippen molar-refractivity contribution in [3.05, 3.63) is 17.5 Å². The average Bonchev–Trinajstić information content (AvgIpc) is 2.95. The standard InChI is InChI=1S/C16H26N4O2/c1-14-11-15(22-17-14)12-18-7-9-19(10-8-18)13-16(21)20-5-3-2-4-6-20/h11H,2-10,12-13H2,1H3. The molecule has 2 saturated heterocycles. The van der Waals surface area contributed by atoms with E-state index < -0.39 is 0 Å². The van der Waals surface area contributed by atoms with Gasteiger partial charge in [0.1, 0.15) is 0 Å². The molecular formula is C16H26N4O2. The Balaban J connectivity index is 1.40. The van der Waals surface area contributed by atoms with Gasteiger partial charge in [-0.25, -0.2) is 0 Å². The van der Waals surface area contributed by atoms with E-state index in [1.54, 1.807) is 0 Å². The quantitative estimate of drug-likeness (QED) is 0.834. The predicted molar refractivity (Wildman–Crippen MR) is 83.4 cm³/mol. The predicted octanol–water partition coefficient (Wildman–Crippen LogP) is 1.11. The molecule has 1 aromatic heterocycles. The van der Waals surface area contributed by atoms with Crippen molar-refractivity contribution < 1.29 is 9.32 Å². The molecule has 0 bridgehead atoms. The minimum atomic E-state index is 0.305. The van der Waals surface area contributed by atoms with Gasteiger partial charge in [0.2, 0.25) is 5.91 Å². The van der Waals surface area contributed by atoms with Crippen LogP contribution in [0, 0.1) is 6.92 Å². The number of carbonyl (C=O) groups is 1. The highest BCUT2D eigenvalue weighted by Gasteiger charge is 2.23. The van der Waals surface area contributed by atoms with Gasteiger partial charge < -0.3 is 9.42 Å². The first-order valence-electron chi connectivity index (χ1n) is 8.35. The lowest BCUT2D eigenvalue weighted by atomic mass is 10.1. The maximum absolute atomic E-state index is 12.3. The molecule has 0 spiro atoms. The topological polar surface area (TPSA) is 52.8 Å². The fraction of sp³-hybridized carbons (Fsp3) is 0.750. The van der Waals surface area contributed by atoms with E-state index in [0.29, 0.717) is 12.5 Å². The molecule has 0 aliphatic carbocycles. The molecule has 6 nitrogen and oxygen atoms in total. The zero-order valence-electron chi connectivity index (χ0n) is 13.5. The molecule has 2 aliphatic rings. The van der Waals surface area contributed by atoms with Crippen molar-refractivity contribution in [2.24, 2.45) is 0 Å². The van der Waals surface area contributed by atoms with Crippen molar-refractivity contribution >= 4 is 5.91 Å². The van der Waals surface area contributed by atoms with Gasteiger partial charge in [0.15, 0.2) is 5.76 Å². The van der Waals surface area contributed by atoms with Crippen molar-refractivity contribution in [2.45, 2.75) is 32.7 Å². The van der Waals surface area contributed by atoms with Crippen LogP contribution in [0.15, 0.2) is 10.6 Å². The smallest absolute Gasteiger partial charge is 0.236 e. The summed E-state index contributed by atoms with van der Waals surface area (Å²) < 4.78 is 5.27. The number of amides is 1. The molecule has 1 aromatic rings. The van der Waals surface area contributed by atoms with Crippen LogP contribution in [0.4, 0.5) is 0 Å². The van der Waals surface area contributed by atoms with Crippen LogP contribution in [0.5, 0.6) is 0 Å². The second-order valence-electron chi connectivity index (χ2n) is 6.43. The van der Waals surface area contributed by atoms with E-state index >= 15 is 0 Å². The molecule has 1 amide bonds. The molecule has 0 unspecified atom stereocenters. The van der Waals surface area contributed by atoms with Crippen LogP contribution < -0.4 is 0 Å². The molecule has 3 rings (SSSR count). The van der Waals surface area contributed by atoms with E-state index in [1.165, 1.54) is 6.42 Å². The molecule has 6 heteroatoms. The van der Waals surface area contributed by atoms with Crippen molar-refractivity contribution in [1.29, 1.82) is 0 Å². The van der Waals surface area contributed by atoms with Crippen molar-refractivity contribution in [3.8, 4) is 0 Å². The number of carbonyl (C=O) groups excluding carboxylic acids is 1. The Bertz CT molecular complexity index is 488. The monoisotopic (exact) mass is 306 g/mol. The number of rotatable bonds is 4. The summed E-state index contributed by atoms with van der Waals surface area (Å²) in [6, 6.07) is 1.99. The average molecular weight is 306 g/mol. The van der Waals surface area contributed by atoms with E-state index in [9.17, 15) is 4.79 Å². The normalized spacial score (nSPS) is 21.2. The first-order chi connectivity index (χ1) is 10.7. The van der Waals surface area contributed by atoms with E-state index in [4.69, 9.17) is 4.52 Å². The molecule has 2 fully saturated rings. The van der Waals surface area contributed by atoms with E-state index in [0.717, 1.165) is 70.1 Å². The van der Waals surface area contributed by atoms with E-state index in [2.05, 4.69) is 15.0 Å². The second kappa shape index (κ2) is 7.24. The third kappa shape index (κ3) is 4.08. The fourth-order valence-corrected chi connectivity index (χ4v) is 3.25. The van der Waals surface area contributed by atoms with Crippen LogP contribution in [0.3, 0.4) is 0 Å². The number of aromatic nitrogens is 1. The molecule has 0 aromatic carbocycles. The van der Waals surface area contributed by atoms with Crippen LogP contribution in [-0.2, 0) is 11.3 Å². The van der Waals surface area contributed by atoms with Gasteiger partial charge in [-0.3, -0.25) is 14.6 Å². The SMILES string of the molecule is Cc1cc(CN2CCN(CC(=O)N3CCCCC3)CC2)on1. The zero-order chi connectivity index (χ0) is 15.4. The molecule has 0 radical (unpaired) electrons. The van der Waals surface area contributed by atoms with Gasteiger partial charge >= 0.3 is 0 Å². The molecule has 22 heavy (non-hydrogen) atoms. The van der Waals surface area contributed by atoms with Gasteiger partial charge in [0, 0.05) is 45.3 Å². The summed E-state index contributed by atoms with van der Waals surface area (Å²) in [6.07, 6.45) is 3.59. The molecule has 122 valence electrons. The lowest BCUT2D eigenvalue weighted by Gasteiger charge is -2.35. The number of aryl methyl sites for hydroxylation is 1. The highest BCUT2D eigenvalue weighted by atomic mass is 16.5. The Labute approximate surface area is 132 Å². The van der Waals surface area contributed by atoms with Crippen molar-refractivity contribution in [1.82, 2.24) is 19.9 Å². The number of nitrogens with zero attached hydrogens (tertiary/aromatic N) is 4. The molecule has 3 heterocycles. The number of piperazine rings is 1. The van der Waals surface area contributed by atoms with Gasteiger partial charge in [-0.1, -0.05) is 5.16 Å². The molecule has 0 atom stereocenters. The second-order valence-corrected chi connectivity index (χ2v) is 6.43. The highest BCUT2D eigenvalue weighted by molar-refractivity contribution is 5.78. The summed E-state index contributed by atoms with van der Waals surface area (Å²) in [5.74, 6) is 1.23. The van der Waals surface area contributed by atoms with Crippen molar-refractivity contribution in [2.75, 3.05) is 45.8 Å². The summed E-state index contributed by atoms with van der Waals surface area (Å²) in [5.41, 5.74) is 0.931. The van der Waals surface area contributed by atoms with Crippen LogP contribution in [0.25, 0.3) is 0 Å². The summed E-state index contributed by atoms with van der Waals surface area (Å²) in [6.45, 7) is 9.09. The summed E-state index contributed by atoms with van der Waals surface area (Å²) in [5, 5.41) is 3.93. The van der Waals surface area contributed by atoms with Gasteiger partial charge in [0.25, 0.3) is 0 Å². The first-order valence-corrected chi connectivity index (χ1v) is 8.35. The van der Waals surface area contributed by atoms with E-state index in [1.807, 2.05) is 17.9 Å². The third-order valence-corrected chi connectivity index (χ3v) is 4.59. The highest BCUT2D eigenvalue weighted by Crippen LogP contribution is 2.12. The van der Waals surface area contributed by atoms with Crippen LogP contribution in [0.2, 0.25) is 0 Å². The third-order valence-electron chi connectivity index (χ3n) is 4.59. The van der Waals surface area contributed by atoms with Crippen LogP contribution in [-0.4, -0.2) is 71.6 Å². The summed E-state index contributed by atoms with van der Waals surface area (Å²) >= 11 is 0. The van der Waals surface area contributed by atoms with Gasteiger partial charge in [0.05, 0.1) is 18.8 Å². The maximum Gasteiger partial charge on any atom is 0.236 e. The van der Waals surface area contributed by atoms with Crippen LogP contribution in [0.1, 0.15) is 30.7 Å². The Morgan fingerprint density at radius 2 is 1.77 bits per heavy atom. The Morgan fingerprint density at radius 1 is 1.09 bits per heavy atom. The van der Waals surface area contributed by atoms with Gasteiger partial charge in [-0.2, -0.15) is 0 Å². The number of likely N-dealkylation sites (tertiary alicyclic amines) is 1. The largest absolute Gasteiger partial charge is 0.360 e. The van der Waals surface area contributed by atoms with Gasteiger partial charge in [-0.15, -0.1) is 0 Å². The number of hydrogen-bond acceptors (Lipinski definition) is 5. The lowest BCUT2D eigenvalue weighted by molar-refractivity contribution is -0.133. The summed E-state index contributed by atoms with van der Waals surface area (Å²) in [4.78, 5) is 19.0. The Hall–Kier alpha value is -1.40. The summed E-state index contributed by atoms with van der Waals surface area (Å²) in [7, 11) is 0. The molecular weight excluding hydrogens is 280 g/mol. The molecule has 2 aliphatic heterocycles. The van der Waals surface area contributed by atoms with Crippen LogP contribution >= 0.6 is 0 Å².